The lowest BCUT2D eigenvalue weighted by Gasteiger charge is -2.35. The molecule has 1 aromatic heterocycles. The van der Waals surface area contributed by atoms with Crippen molar-refractivity contribution in [3.05, 3.63) is 17.0 Å². The fourth-order valence-corrected chi connectivity index (χ4v) is 2.18. The molecule has 0 aromatic carbocycles. The molecule has 6 nitrogen and oxygen atoms in total. The van der Waals surface area contributed by atoms with Gasteiger partial charge < -0.3 is 19.8 Å². The summed E-state index contributed by atoms with van der Waals surface area (Å²) in [4.78, 5) is 14.4. The van der Waals surface area contributed by atoms with Gasteiger partial charge in [0, 0.05) is 17.6 Å². The van der Waals surface area contributed by atoms with Crippen molar-refractivity contribution in [2.24, 2.45) is 0 Å². The van der Waals surface area contributed by atoms with E-state index in [2.05, 4.69) is 43.2 Å². The molecule has 6 heteroatoms. The van der Waals surface area contributed by atoms with Crippen LogP contribution in [0.1, 0.15) is 61.8 Å². The number of carbonyl (C=O) groups is 1. The molecular formula is C16H29N3O3. The Kier molecular flexibility index (Phi) is 7.03. The molecule has 0 aliphatic heterocycles. The fraction of sp³-hybridized carbons (Fsp3) is 0.750. The maximum atomic E-state index is 12.1. The Morgan fingerprint density at radius 3 is 2.68 bits per heavy atom. The number of hydrogen-bond donors (Lipinski definition) is 2. The van der Waals surface area contributed by atoms with Crippen molar-refractivity contribution in [3.8, 4) is 0 Å². The second-order valence-electron chi connectivity index (χ2n) is 6.33. The summed E-state index contributed by atoms with van der Waals surface area (Å²) in [6.07, 6.45) is 3.20. The quantitative estimate of drug-likeness (QED) is 0.730. The zero-order chi connectivity index (χ0) is 16.8. The van der Waals surface area contributed by atoms with Gasteiger partial charge in [0.1, 0.15) is 6.61 Å². The first-order chi connectivity index (χ1) is 10.3. The number of aliphatic hydroxyl groups excluding tert-OH is 1. The van der Waals surface area contributed by atoms with Crippen molar-refractivity contribution in [2.75, 3.05) is 20.1 Å². The number of amides is 1. The summed E-state index contributed by atoms with van der Waals surface area (Å²) in [5.41, 5.74) is 0.873. The molecule has 0 saturated carbocycles. The Morgan fingerprint density at radius 2 is 2.14 bits per heavy atom. The smallest absolute Gasteiger partial charge is 0.273 e. The average Bonchev–Trinajstić information content (AvgIpc) is 2.85. The molecule has 0 bridgehead atoms. The lowest BCUT2D eigenvalue weighted by atomic mass is 9.98. The molecule has 1 rings (SSSR count). The maximum absolute atomic E-state index is 12.1. The standard InChI is InChI=1S/C16H29N3O3/c1-6-7-10-19(5)16(3,4)8-9-17-15(21)14-12(2)13(11-20)22-18-14/h20H,6-11H2,1-5H3,(H,17,21). The van der Waals surface area contributed by atoms with E-state index in [-0.39, 0.29) is 23.7 Å². The van der Waals surface area contributed by atoms with E-state index in [4.69, 9.17) is 9.63 Å². The second-order valence-corrected chi connectivity index (χ2v) is 6.33. The Morgan fingerprint density at radius 1 is 1.45 bits per heavy atom. The van der Waals surface area contributed by atoms with Gasteiger partial charge in [-0.15, -0.1) is 0 Å². The van der Waals surface area contributed by atoms with Crippen LogP contribution in [0.3, 0.4) is 0 Å². The van der Waals surface area contributed by atoms with Crippen LogP contribution in [0.4, 0.5) is 0 Å². The molecule has 0 saturated heterocycles. The molecule has 1 amide bonds. The molecule has 0 aliphatic rings. The summed E-state index contributed by atoms with van der Waals surface area (Å²) < 4.78 is 4.93. The van der Waals surface area contributed by atoms with Crippen molar-refractivity contribution in [2.45, 2.75) is 59.1 Å². The summed E-state index contributed by atoms with van der Waals surface area (Å²) in [6.45, 7) is 9.64. The van der Waals surface area contributed by atoms with Crippen molar-refractivity contribution in [1.82, 2.24) is 15.4 Å². The highest BCUT2D eigenvalue weighted by atomic mass is 16.5. The zero-order valence-corrected chi connectivity index (χ0v) is 14.4. The van der Waals surface area contributed by atoms with Crippen LogP contribution < -0.4 is 5.32 Å². The Labute approximate surface area is 132 Å². The summed E-state index contributed by atoms with van der Waals surface area (Å²) in [5, 5.41) is 15.7. The lowest BCUT2D eigenvalue weighted by molar-refractivity contribution is 0.0926. The van der Waals surface area contributed by atoms with Gasteiger partial charge in [-0.1, -0.05) is 18.5 Å². The highest BCUT2D eigenvalue weighted by Crippen LogP contribution is 2.17. The second kappa shape index (κ2) is 8.29. The van der Waals surface area contributed by atoms with Crippen LogP contribution >= 0.6 is 0 Å². The molecule has 0 atom stereocenters. The van der Waals surface area contributed by atoms with Gasteiger partial charge in [-0.2, -0.15) is 0 Å². The van der Waals surface area contributed by atoms with E-state index in [1.165, 1.54) is 12.8 Å². The van der Waals surface area contributed by atoms with Crippen molar-refractivity contribution in [3.63, 3.8) is 0 Å². The van der Waals surface area contributed by atoms with Crippen LogP contribution in [-0.4, -0.2) is 46.7 Å². The Balaban J connectivity index is 2.48. The van der Waals surface area contributed by atoms with E-state index < -0.39 is 0 Å². The van der Waals surface area contributed by atoms with Gasteiger partial charge in [-0.05, 0) is 47.2 Å². The Bertz CT molecular complexity index is 483. The largest absolute Gasteiger partial charge is 0.388 e. The molecule has 2 N–H and O–H groups in total. The van der Waals surface area contributed by atoms with Gasteiger partial charge in [-0.25, -0.2) is 0 Å². The molecule has 0 unspecified atom stereocenters. The van der Waals surface area contributed by atoms with E-state index in [0.717, 1.165) is 13.0 Å². The van der Waals surface area contributed by atoms with Crippen LogP contribution in [-0.2, 0) is 6.61 Å². The van der Waals surface area contributed by atoms with Crippen molar-refractivity contribution >= 4 is 5.91 Å². The molecule has 22 heavy (non-hydrogen) atoms. The van der Waals surface area contributed by atoms with Gasteiger partial charge >= 0.3 is 0 Å². The van der Waals surface area contributed by atoms with Crippen LogP contribution in [0.2, 0.25) is 0 Å². The lowest BCUT2D eigenvalue weighted by Crippen LogP contribution is -2.44. The highest BCUT2D eigenvalue weighted by molar-refractivity contribution is 5.93. The van der Waals surface area contributed by atoms with Crippen LogP contribution in [0.25, 0.3) is 0 Å². The first-order valence-corrected chi connectivity index (χ1v) is 7.89. The number of carbonyl (C=O) groups excluding carboxylic acids is 1. The zero-order valence-electron chi connectivity index (χ0n) is 14.4. The molecular weight excluding hydrogens is 282 g/mol. The predicted molar refractivity (Wildman–Crippen MR) is 85.7 cm³/mol. The highest BCUT2D eigenvalue weighted by Gasteiger charge is 2.24. The normalized spacial score (nSPS) is 12.0. The number of hydrogen-bond acceptors (Lipinski definition) is 5. The van der Waals surface area contributed by atoms with Crippen molar-refractivity contribution in [1.29, 1.82) is 0 Å². The summed E-state index contributed by atoms with van der Waals surface area (Å²) >= 11 is 0. The van der Waals surface area contributed by atoms with Gasteiger partial charge in [0.25, 0.3) is 5.91 Å². The molecule has 0 radical (unpaired) electrons. The number of nitrogens with zero attached hydrogens (tertiary/aromatic N) is 2. The van der Waals surface area contributed by atoms with Gasteiger partial charge in [0.15, 0.2) is 11.5 Å². The third kappa shape index (κ3) is 4.81. The summed E-state index contributed by atoms with van der Waals surface area (Å²) in [5.74, 6) is 0.0812. The predicted octanol–water partition coefficient (Wildman–Crippen LogP) is 2.11. The van der Waals surface area contributed by atoms with E-state index in [9.17, 15) is 4.79 Å². The minimum absolute atomic E-state index is 0.0254. The average molecular weight is 311 g/mol. The number of rotatable bonds is 9. The van der Waals surface area contributed by atoms with E-state index in [0.29, 0.717) is 17.9 Å². The first kappa shape index (κ1) is 18.6. The molecule has 126 valence electrons. The summed E-state index contributed by atoms with van der Waals surface area (Å²) in [6, 6.07) is 0. The maximum Gasteiger partial charge on any atom is 0.273 e. The van der Waals surface area contributed by atoms with E-state index in [1.54, 1.807) is 6.92 Å². The van der Waals surface area contributed by atoms with Gasteiger partial charge in [-0.3, -0.25) is 4.79 Å². The van der Waals surface area contributed by atoms with Gasteiger partial charge in [0.2, 0.25) is 0 Å². The number of aliphatic hydroxyl groups is 1. The summed E-state index contributed by atoms with van der Waals surface area (Å²) in [7, 11) is 2.12. The van der Waals surface area contributed by atoms with Gasteiger partial charge in [0.05, 0.1) is 0 Å². The minimum Gasteiger partial charge on any atom is -0.388 e. The van der Waals surface area contributed by atoms with E-state index in [1.807, 2.05) is 0 Å². The Hall–Kier alpha value is -1.40. The molecule has 0 fully saturated rings. The third-order valence-corrected chi connectivity index (χ3v) is 4.28. The fourth-order valence-electron chi connectivity index (χ4n) is 2.18. The monoisotopic (exact) mass is 311 g/mol. The first-order valence-electron chi connectivity index (χ1n) is 7.89. The number of aromatic nitrogens is 1. The molecule has 0 aliphatic carbocycles. The van der Waals surface area contributed by atoms with Crippen LogP contribution in [0.5, 0.6) is 0 Å². The molecule has 1 aromatic rings. The number of nitrogens with one attached hydrogen (secondary N) is 1. The van der Waals surface area contributed by atoms with Crippen molar-refractivity contribution < 1.29 is 14.4 Å². The minimum atomic E-state index is -0.257. The number of unbranched alkanes of at least 4 members (excludes halogenated alkanes) is 1. The third-order valence-electron chi connectivity index (χ3n) is 4.28. The van der Waals surface area contributed by atoms with Crippen LogP contribution in [0.15, 0.2) is 4.52 Å². The topological polar surface area (TPSA) is 78.6 Å². The van der Waals surface area contributed by atoms with Crippen LogP contribution in [0, 0.1) is 6.92 Å². The molecule has 0 spiro atoms. The van der Waals surface area contributed by atoms with E-state index >= 15 is 0 Å². The SMILES string of the molecule is CCCCN(C)C(C)(C)CCNC(=O)c1noc(CO)c1C. The molecule has 1 heterocycles.